The Labute approximate surface area is 165 Å². The zero-order chi connectivity index (χ0) is 19.7. The first kappa shape index (κ1) is 18.3. The van der Waals surface area contributed by atoms with Crippen molar-refractivity contribution in [3.63, 3.8) is 0 Å². The number of anilines is 2. The Morgan fingerprint density at radius 3 is 2.36 bits per heavy atom. The molecule has 6 nitrogen and oxygen atoms in total. The summed E-state index contributed by atoms with van der Waals surface area (Å²) in [5, 5.41) is 2.95. The van der Waals surface area contributed by atoms with Crippen LogP contribution in [-0.4, -0.2) is 44.0 Å². The third-order valence-corrected chi connectivity index (χ3v) is 5.42. The second-order valence-electron chi connectivity index (χ2n) is 7.66. The van der Waals surface area contributed by atoms with Crippen LogP contribution in [0, 0.1) is 6.92 Å². The zero-order valence-electron chi connectivity index (χ0n) is 16.1. The normalized spacial score (nSPS) is 16.8. The summed E-state index contributed by atoms with van der Waals surface area (Å²) in [7, 11) is 0. The highest BCUT2D eigenvalue weighted by Crippen LogP contribution is 2.26. The van der Waals surface area contributed by atoms with Crippen LogP contribution in [-0.2, 0) is 0 Å². The minimum absolute atomic E-state index is 0.138. The van der Waals surface area contributed by atoms with Crippen molar-refractivity contribution in [1.29, 1.82) is 0 Å². The maximum atomic E-state index is 12.3. The van der Waals surface area contributed by atoms with Gasteiger partial charge < -0.3 is 20.9 Å². The lowest BCUT2D eigenvalue weighted by Gasteiger charge is -2.38. The number of carbonyl (C=O) groups is 2. The second kappa shape index (κ2) is 7.54. The smallest absolute Gasteiger partial charge is 0.251 e. The molecule has 0 aromatic heterocycles. The van der Waals surface area contributed by atoms with E-state index in [1.165, 1.54) is 11.3 Å². The van der Waals surface area contributed by atoms with Crippen molar-refractivity contribution < 1.29 is 9.59 Å². The van der Waals surface area contributed by atoms with Crippen LogP contribution in [0.2, 0.25) is 0 Å². The van der Waals surface area contributed by atoms with Gasteiger partial charge in [0.2, 0.25) is 0 Å². The van der Waals surface area contributed by atoms with Gasteiger partial charge in [0.05, 0.1) is 5.56 Å². The van der Waals surface area contributed by atoms with Gasteiger partial charge in [-0.15, -0.1) is 0 Å². The third-order valence-electron chi connectivity index (χ3n) is 5.42. The minimum Gasteiger partial charge on any atom is -0.368 e. The summed E-state index contributed by atoms with van der Waals surface area (Å²) in [6.07, 6.45) is 2.05. The number of amides is 2. The minimum atomic E-state index is -0.503. The van der Waals surface area contributed by atoms with E-state index in [4.69, 9.17) is 5.73 Å². The molecule has 2 aromatic carbocycles. The van der Waals surface area contributed by atoms with Crippen molar-refractivity contribution in [1.82, 2.24) is 5.32 Å². The van der Waals surface area contributed by atoms with Crippen LogP contribution in [0.25, 0.3) is 0 Å². The number of primary amides is 1. The lowest BCUT2D eigenvalue weighted by molar-refractivity contribution is 0.0951. The van der Waals surface area contributed by atoms with Gasteiger partial charge in [0.1, 0.15) is 0 Å². The van der Waals surface area contributed by atoms with E-state index in [0.29, 0.717) is 11.1 Å². The number of hydrogen-bond donors (Lipinski definition) is 2. The molecule has 0 spiro atoms. The van der Waals surface area contributed by atoms with E-state index in [2.05, 4.69) is 46.3 Å². The van der Waals surface area contributed by atoms with E-state index < -0.39 is 5.91 Å². The molecule has 0 radical (unpaired) electrons. The van der Waals surface area contributed by atoms with Crippen LogP contribution in [0.4, 0.5) is 11.4 Å². The summed E-state index contributed by atoms with van der Waals surface area (Å²) in [5.41, 5.74) is 9.80. The molecule has 6 heteroatoms. The molecular weight excluding hydrogens is 352 g/mol. The first-order chi connectivity index (χ1) is 13.5. The molecule has 28 heavy (non-hydrogen) atoms. The lowest BCUT2D eigenvalue weighted by atomic mass is 10.1. The monoisotopic (exact) mass is 378 g/mol. The fourth-order valence-corrected chi connectivity index (χ4v) is 3.68. The molecule has 2 fully saturated rings. The fourth-order valence-electron chi connectivity index (χ4n) is 3.68. The molecule has 1 saturated heterocycles. The molecule has 1 aliphatic carbocycles. The Hall–Kier alpha value is -3.02. The quantitative estimate of drug-likeness (QED) is 0.837. The van der Waals surface area contributed by atoms with Gasteiger partial charge in [-0.05, 0) is 55.7 Å². The van der Waals surface area contributed by atoms with E-state index in [9.17, 15) is 9.59 Å². The molecule has 1 saturated carbocycles. The van der Waals surface area contributed by atoms with Crippen LogP contribution < -0.4 is 20.9 Å². The Kier molecular flexibility index (Phi) is 4.94. The number of rotatable bonds is 5. The van der Waals surface area contributed by atoms with Crippen molar-refractivity contribution in [2.45, 2.75) is 25.8 Å². The fraction of sp³-hybridized carbons (Fsp3) is 0.364. The molecule has 0 atom stereocenters. The van der Waals surface area contributed by atoms with E-state index in [1.807, 2.05) is 6.07 Å². The zero-order valence-corrected chi connectivity index (χ0v) is 16.1. The number of benzene rings is 2. The van der Waals surface area contributed by atoms with Gasteiger partial charge in [-0.1, -0.05) is 12.1 Å². The molecule has 4 rings (SSSR count). The van der Waals surface area contributed by atoms with Crippen molar-refractivity contribution >= 4 is 23.2 Å². The molecule has 2 aliphatic rings. The van der Waals surface area contributed by atoms with E-state index in [-0.39, 0.29) is 11.9 Å². The summed E-state index contributed by atoms with van der Waals surface area (Å²) in [4.78, 5) is 28.9. The van der Waals surface area contributed by atoms with E-state index in [0.717, 1.165) is 44.7 Å². The number of piperazine rings is 1. The number of hydrogen-bond acceptors (Lipinski definition) is 4. The topological polar surface area (TPSA) is 78.7 Å². The largest absolute Gasteiger partial charge is 0.368 e. The summed E-state index contributed by atoms with van der Waals surface area (Å²) in [6, 6.07) is 14.0. The number of nitrogens with two attached hydrogens (primary N) is 1. The van der Waals surface area contributed by atoms with Gasteiger partial charge >= 0.3 is 0 Å². The van der Waals surface area contributed by atoms with Crippen LogP contribution >= 0.6 is 0 Å². The van der Waals surface area contributed by atoms with Crippen molar-refractivity contribution in [3.05, 3.63) is 59.2 Å². The maximum Gasteiger partial charge on any atom is 0.251 e. The second-order valence-corrected chi connectivity index (χ2v) is 7.66. The van der Waals surface area contributed by atoms with Gasteiger partial charge in [0, 0.05) is 49.2 Å². The third kappa shape index (κ3) is 3.96. The van der Waals surface area contributed by atoms with E-state index >= 15 is 0 Å². The van der Waals surface area contributed by atoms with Gasteiger partial charge in [0.15, 0.2) is 0 Å². The van der Waals surface area contributed by atoms with Gasteiger partial charge in [-0.3, -0.25) is 9.59 Å². The molecule has 0 bridgehead atoms. The molecular formula is C22H26N4O2. The van der Waals surface area contributed by atoms with E-state index in [1.54, 1.807) is 12.1 Å². The molecule has 3 N–H and O–H groups in total. The molecule has 1 heterocycles. The van der Waals surface area contributed by atoms with Crippen LogP contribution in [0.1, 0.15) is 39.1 Å². The van der Waals surface area contributed by atoms with Crippen LogP contribution in [0.3, 0.4) is 0 Å². The SMILES string of the molecule is Cc1cccc(N2CCN(c3ccc(C(=O)NC4CC4)cc3C(N)=O)CC2)c1. The summed E-state index contributed by atoms with van der Waals surface area (Å²) >= 11 is 0. The van der Waals surface area contributed by atoms with Gasteiger partial charge in [-0.2, -0.15) is 0 Å². The standard InChI is InChI=1S/C22H26N4O2/c1-15-3-2-4-18(13-15)25-9-11-26(12-10-25)20-8-5-16(14-19(20)21(23)27)22(28)24-17-6-7-17/h2-5,8,13-14,17H,6-7,9-12H2,1H3,(H2,23,27)(H,24,28). The molecule has 2 aromatic rings. The first-order valence-electron chi connectivity index (χ1n) is 9.82. The van der Waals surface area contributed by atoms with Gasteiger partial charge in [0.25, 0.3) is 11.8 Å². The summed E-state index contributed by atoms with van der Waals surface area (Å²) in [5.74, 6) is -0.641. The summed E-state index contributed by atoms with van der Waals surface area (Å²) in [6.45, 7) is 5.42. The number of nitrogens with zero attached hydrogens (tertiary/aromatic N) is 2. The van der Waals surface area contributed by atoms with Crippen molar-refractivity contribution in [3.8, 4) is 0 Å². The predicted molar refractivity (Wildman–Crippen MR) is 111 cm³/mol. The van der Waals surface area contributed by atoms with Gasteiger partial charge in [-0.25, -0.2) is 0 Å². The predicted octanol–water partition coefficient (Wildman–Crippen LogP) is 2.31. The average molecular weight is 378 g/mol. The van der Waals surface area contributed by atoms with Crippen LogP contribution in [0.15, 0.2) is 42.5 Å². The highest BCUT2D eigenvalue weighted by molar-refractivity contribution is 6.03. The van der Waals surface area contributed by atoms with Crippen LogP contribution in [0.5, 0.6) is 0 Å². The van der Waals surface area contributed by atoms with Crippen molar-refractivity contribution in [2.75, 3.05) is 36.0 Å². The first-order valence-corrected chi connectivity index (χ1v) is 9.82. The molecule has 0 unspecified atom stereocenters. The Balaban J connectivity index is 1.49. The lowest BCUT2D eigenvalue weighted by Crippen LogP contribution is -2.47. The summed E-state index contributed by atoms with van der Waals surface area (Å²) < 4.78 is 0. The molecule has 2 amide bonds. The Morgan fingerprint density at radius 2 is 1.71 bits per heavy atom. The average Bonchev–Trinajstić information content (AvgIpc) is 3.51. The number of carbonyl (C=O) groups excluding carboxylic acids is 2. The Morgan fingerprint density at radius 1 is 1.00 bits per heavy atom. The number of aryl methyl sites for hydroxylation is 1. The highest BCUT2D eigenvalue weighted by Gasteiger charge is 2.26. The molecule has 146 valence electrons. The maximum absolute atomic E-state index is 12.3. The Bertz CT molecular complexity index is 899. The highest BCUT2D eigenvalue weighted by atomic mass is 16.2. The number of nitrogens with one attached hydrogen (secondary N) is 1. The molecule has 1 aliphatic heterocycles. The van der Waals surface area contributed by atoms with Crippen molar-refractivity contribution in [2.24, 2.45) is 5.73 Å².